The summed E-state index contributed by atoms with van der Waals surface area (Å²) in [7, 11) is 0. The molecule has 0 aliphatic carbocycles. The number of rotatable bonds is 19. The van der Waals surface area contributed by atoms with E-state index >= 15 is 0 Å². The van der Waals surface area contributed by atoms with Gasteiger partial charge in [-0.2, -0.15) is 0 Å². The van der Waals surface area contributed by atoms with Gasteiger partial charge in [0, 0.05) is 19.5 Å². The standard InChI is InChI=1S/C32H50N10O10/c1-16(33)25(45)39-21(6-4-12-36-32(34)35)27(47)38-18(3)30(50)42-13-5-7-24(42)29(49)40-22(14-19-8-10-20(44)11-9-19)28(48)37-17(2)26(46)41-23(15-43)31(51)52/h8-11,16-18,21-24,43-44H,4-7,12-15,33H2,1-3H3,(H,37,48)(H,38,47)(H,39,45)(H,40,49)(H,41,46)(H,51,52)(H4,34,35,36)/t16-,17-,18-,21-,22-,23-,24-/m0/s1. The molecule has 2 rings (SSSR count). The van der Waals surface area contributed by atoms with E-state index in [4.69, 9.17) is 22.3 Å². The van der Waals surface area contributed by atoms with Gasteiger partial charge in [-0.15, -0.1) is 0 Å². The second-order valence-electron chi connectivity index (χ2n) is 12.5. The van der Waals surface area contributed by atoms with Crippen molar-refractivity contribution in [2.24, 2.45) is 22.2 Å². The van der Waals surface area contributed by atoms with Gasteiger partial charge in [-0.05, 0) is 64.2 Å². The van der Waals surface area contributed by atoms with Crippen LogP contribution in [0.2, 0.25) is 0 Å². The van der Waals surface area contributed by atoms with E-state index < -0.39 is 90.3 Å². The molecule has 14 N–H and O–H groups in total. The zero-order valence-electron chi connectivity index (χ0n) is 29.3. The molecule has 20 heteroatoms. The molecular formula is C32H50N10O10. The van der Waals surface area contributed by atoms with E-state index in [1.54, 1.807) is 0 Å². The average Bonchev–Trinajstić information content (AvgIpc) is 3.58. The molecule has 0 spiro atoms. The van der Waals surface area contributed by atoms with Crippen LogP contribution in [0.5, 0.6) is 5.75 Å². The molecule has 6 amide bonds. The maximum Gasteiger partial charge on any atom is 0.328 e. The van der Waals surface area contributed by atoms with Crippen LogP contribution in [0.1, 0.15) is 52.0 Å². The normalized spacial score (nSPS) is 17.2. The van der Waals surface area contributed by atoms with Gasteiger partial charge >= 0.3 is 5.97 Å². The first-order valence-corrected chi connectivity index (χ1v) is 16.7. The Kier molecular flexibility index (Phi) is 16.7. The average molecular weight is 735 g/mol. The quantitative estimate of drug-likeness (QED) is 0.0366. The Morgan fingerprint density at radius 2 is 1.44 bits per heavy atom. The van der Waals surface area contributed by atoms with E-state index in [-0.39, 0.29) is 44.1 Å². The molecule has 1 saturated heterocycles. The van der Waals surface area contributed by atoms with Crippen LogP contribution in [-0.4, -0.2) is 130 Å². The molecule has 1 heterocycles. The molecule has 288 valence electrons. The van der Waals surface area contributed by atoms with E-state index in [1.807, 2.05) is 0 Å². The van der Waals surface area contributed by atoms with Gasteiger partial charge in [-0.25, -0.2) is 4.79 Å². The third-order valence-electron chi connectivity index (χ3n) is 8.12. The number of aliphatic carboxylic acids is 1. The molecule has 20 nitrogen and oxygen atoms in total. The van der Waals surface area contributed by atoms with Crippen LogP contribution in [0.3, 0.4) is 0 Å². The lowest BCUT2D eigenvalue weighted by Crippen LogP contribution is -2.59. The molecule has 0 bridgehead atoms. The van der Waals surface area contributed by atoms with Crippen LogP contribution in [0.15, 0.2) is 29.3 Å². The molecule has 1 aromatic rings. The topological polar surface area (TPSA) is 334 Å². The fourth-order valence-electron chi connectivity index (χ4n) is 5.21. The lowest BCUT2D eigenvalue weighted by molar-refractivity contribution is -0.143. The summed E-state index contributed by atoms with van der Waals surface area (Å²) in [6, 6.07) is -2.49. The Balaban J connectivity index is 2.19. The summed E-state index contributed by atoms with van der Waals surface area (Å²) in [6.07, 6.45) is 1.03. The van der Waals surface area contributed by atoms with E-state index in [0.29, 0.717) is 18.4 Å². The van der Waals surface area contributed by atoms with E-state index in [1.165, 1.54) is 49.9 Å². The van der Waals surface area contributed by atoms with Gasteiger partial charge in [0.2, 0.25) is 35.4 Å². The molecule has 1 aromatic carbocycles. The van der Waals surface area contributed by atoms with Gasteiger partial charge in [0.1, 0.15) is 42.0 Å². The number of likely N-dealkylation sites (tertiary alicyclic amines) is 1. The monoisotopic (exact) mass is 734 g/mol. The lowest BCUT2D eigenvalue weighted by atomic mass is 10.0. The molecule has 1 aliphatic heterocycles. The number of carbonyl (C=O) groups is 7. The van der Waals surface area contributed by atoms with Crippen molar-refractivity contribution in [3.8, 4) is 5.75 Å². The Morgan fingerprint density at radius 3 is 2.02 bits per heavy atom. The summed E-state index contributed by atoms with van der Waals surface area (Å²) in [4.78, 5) is 95.0. The SMILES string of the molecule is C[C@H](N)C(=O)N[C@@H](CCCN=C(N)N)C(=O)N[C@@H](C)C(=O)N1CCC[C@H]1C(=O)N[C@@H](Cc1ccc(O)cc1)C(=O)N[C@@H](C)C(=O)N[C@@H](CO)C(=O)O. The summed E-state index contributed by atoms with van der Waals surface area (Å²) in [5, 5.41) is 40.3. The van der Waals surface area contributed by atoms with E-state index in [9.17, 15) is 43.8 Å². The highest BCUT2D eigenvalue weighted by atomic mass is 16.4. The third-order valence-corrected chi connectivity index (χ3v) is 8.12. The number of phenols is 1. The van der Waals surface area contributed by atoms with Crippen molar-refractivity contribution in [1.82, 2.24) is 31.5 Å². The van der Waals surface area contributed by atoms with Crippen LogP contribution < -0.4 is 43.8 Å². The van der Waals surface area contributed by atoms with Crippen molar-refractivity contribution in [3.05, 3.63) is 29.8 Å². The maximum absolute atomic E-state index is 13.7. The number of carboxylic acid groups (broad SMARTS) is 1. The summed E-state index contributed by atoms with van der Waals surface area (Å²) in [6.45, 7) is 3.63. The third kappa shape index (κ3) is 13.3. The number of guanidine groups is 1. The number of nitrogens with one attached hydrogen (secondary N) is 5. The number of hydrogen-bond acceptors (Lipinski definition) is 11. The van der Waals surface area contributed by atoms with Gasteiger partial charge in [-0.1, -0.05) is 12.1 Å². The van der Waals surface area contributed by atoms with Crippen molar-refractivity contribution in [1.29, 1.82) is 0 Å². The number of carbonyl (C=O) groups excluding carboxylic acids is 6. The fourth-order valence-corrected chi connectivity index (χ4v) is 5.21. The first-order valence-electron chi connectivity index (χ1n) is 16.7. The molecule has 1 aliphatic rings. The maximum atomic E-state index is 13.7. The number of amides is 6. The van der Waals surface area contributed by atoms with Crippen LogP contribution in [0.4, 0.5) is 0 Å². The number of aliphatic hydroxyl groups excluding tert-OH is 1. The van der Waals surface area contributed by atoms with Crippen molar-refractivity contribution in [2.45, 2.75) is 95.2 Å². The van der Waals surface area contributed by atoms with Crippen molar-refractivity contribution in [2.75, 3.05) is 19.7 Å². The van der Waals surface area contributed by atoms with Gasteiger partial charge in [-0.3, -0.25) is 33.8 Å². The lowest BCUT2D eigenvalue weighted by Gasteiger charge is -2.29. The van der Waals surface area contributed by atoms with Crippen LogP contribution >= 0.6 is 0 Å². The zero-order valence-corrected chi connectivity index (χ0v) is 29.3. The Bertz CT molecular complexity index is 1470. The van der Waals surface area contributed by atoms with Gasteiger partial charge < -0.3 is 64.0 Å². The molecular weight excluding hydrogens is 684 g/mol. The molecule has 1 fully saturated rings. The number of aliphatic hydroxyl groups is 1. The van der Waals surface area contributed by atoms with Crippen molar-refractivity contribution >= 4 is 47.4 Å². The van der Waals surface area contributed by atoms with Crippen LogP contribution in [0.25, 0.3) is 0 Å². The zero-order chi connectivity index (χ0) is 39.1. The molecule has 7 atom stereocenters. The predicted octanol–water partition coefficient (Wildman–Crippen LogP) is -4.13. The minimum atomic E-state index is -1.60. The highest BCUT2D eigenvalue weighted by Crippen LogP contribution is 2.20. The number of phenolic OH excluding ortho intramolecular Hbond substituents is 1. The van der Waals surface area contributed by atoms with E-state index in [2.05, 4.69) is 31.6 Å². The number of aromatic hydroxyl groups is 1. The number of nitrogens with zero attached hydrogens (tertiary/aromatic N) is 2. The molecule has 0 saturated carbocycles. The largest absolute Gasteiger partial charge is 0.508 e. The predicted molar refractivity (Wildman–Crippen MR) is 186 cm³/mol. The van der Waals surface area contributed by atoms with Crippen molar-refractivity contribution < 1.29 is 48.9 Å². The smallest absolute Gasteiger partial charge is 0.328 e. The van der Waals surface area contributed by atoms with Gasteiger partial charge in [0.15, 0.2) is 5.96 Å². The van der Waals surface area contributed by atoms with Crippen molar-refractivity contribution in [3.63, 3.8) is 0 Å². The number of aliphatic imine (C=N–C) groups is 1. The Hall–Kier alpha value is -5.50. The molecule has 0 aromatic heterocycles. The van der Waals surface area contributed by atoms with Crippen LogP contribution in [0, 0.1) is 0 Å². The number of carboxylic acids is 1. The second kappa shape index (κ2) is 20.4. The minimum absolute atomic E-state index is 0.0362. The molecule has 52 heavy (non-hydrogen) atoms. The fraction of sp³-hybridized carbons (Fsp3) is 0.562. The number of nitrogens with two attached hydrogens (primary N) is 3. The summed E-state index contributed by atoms with van der Waals surface area (Å²) in [5.74, 6) is -5.90. The van der Waals surface area contributed by atoms with Crippen LogP contribution in [-0.2, 0) is 40.0 Å². The Morgan fingerprint density at radius 1 is 0.846 bits per heavy atom. The minimum Gasteiger partial charge on any atom is -0.508 e. The first-order chi connectivity index (χ1) is 24.4. The van der Waals surface area contributed by atoms with E-state index in [0.717, 1.165) is 0 Å². The summed E-state index contributed by atoms with van der Waals surface area (Å²) in [5.41, 5.74) is 16.9. The highest BCUT2D eigenvalue weighted by molar-refractivity contribution is 5.97. The number of benzene rings is 1. The van der Waals surface area contributed by atoms with Gasteiger partial charge in [0.25, 0.3) is 0 Å². The van der Waals surface area contributed by atoms with Gasteiger partial charge in [0.05, 0.1) is 12.6 Å². The summed E-state index contributed by atoms with van der Waals surface area (Å²) < 4.78 is 0. The Labute approximate surface area is 300 Å². The number of hydrogen-bond donors (Lipinski definition) is 11. The summed E-state index contributed by atoms with van der Waals surface area (Å²) >= 11 is 0. The molecule has 0 unspecified atom stereocenters. The molecule has 0 radical (unpaired) electrons. The second-order valence-corrected chi connectivity index (χ2v) is 12.5. The first kappa shape index (κ1) is 42.7. The highest BCUT2D eigenvalue weighted by Gasteiger charge is 2.38.